The van der Waals surface area contributed by atoms with Gasteiger partial charge in [-0.2, -0.15) is 0 Å². The van der Waals surface area contributed by atoms with Crippen LogP contribution in [-0.2, 0) is 9.59 Å². The lowest BCUT2D eigenvalue weighted by Gasteiger charge is -2.35. The topological polar surface area (TPSA) is 72.9 Å². The van der Waals surface area contributed by atoms with Crippen LogP contribution in [-0.4, -0.2) is 72.1 Å². The van der Waals surface area contributed by atoms with Crippen molar-refractivity contribution in [3.05, 3.63) is 0 Å². The van der Waals surface area contributed by atoms with Gasteiger partial charge < -0.3 is 15.3 Å². The van der Waals surface area contributed by atoms with Gasteiger partial charge in [-0.25, -0.2) is 4.79 Å². The number of rotatable bonds is 6. The molecule has 1 aliphatic heterocycles. The van der Waals surface area contributed by atoms with Gasteiger partial charge in [0.1, 0.15) is 6.04 Å². The molecular formula is C12H23N3O3. The molecule has 0 aromatic carbocycles. The van der Waals surface area contributed by atoms with Gasteiger partial charge in [0.15, 0.2) is 0 Å². The first kappa shape index (κ1) is 14.9. The summed E-state index contributed by atoms with van der Waals surface area (Å²) in [6, 6.07) is -0.805. The predicted molar refractivity (Wildman–Crippen MR) is 68.4 cm³/mol. The second-order valence-corrected chi connectivity index (χ2v) is 4.73. The number of piperazine rings is 1. The van der Waals surface area contributed by atoms with Crippen molar-refractivity contribution in [3.63, 3.8) is 0 Å². The molecule has 0 saturated carbocycles. The second-order valence-electron chi connectivity index (χ2n) is 4.73. The minimum absolute atomic E-state index is 0.299. The molecule has 6 nitrogen and oxygen atoms in total. The first-order chi connectivity index (χ1) is 8.52. The van der Waals surface area contributed by atoms with Gasteiger partial charge in [-0.05, 0) is 13.0 Å². The van der Waals surface area contributed by atoms with E-state index in [2.05, 4.69) is 22.0 Å². The molecule has 1 amide bonds. The smallest absolute Gasteiger partial charge is 0.327 e. The Morgan fingerprint density at radius 1 is 1.22 bits per heavy atom. The molecular weight excluding hydrogens is 234 g/mol. The molecule has 1 unspecified atom stereocenters. The maximum atomic E-state index is 11.0. The van der Waals surface area contributed by atoms with Gasteiger partial charge in [0.25, 0.3) is 0 Å². The highest BCUT2D eigenvalue weighted by molar-refractivity contribution is 5.82. The van der Waals surface area contributed by atoms with Crippen LogP contribution in [0.2, 0.25) is 0 Å². The highest BCUT2D eigenvalue weighted by atomic mass is 16.4. The number of carboxylic acid groups (broad SMARTS) is 1. The summed E-state index contributed by atoms with van der Waals surface area (Å²) in [7, 11) is 0. The normalized spacial score (nSPS) is 19.4. The Balaban J connectivity index is 2.37. The van der Waals surface area contributed by atoms with Crippen LogP contribution in [0.1, 0.15) is 20.3 Å². The average Bonchev–Trinajstić information content (AvgIpc) is 2.30. The predicted octanol–water partition coefficient (Wildman–Crippen LogP) is -0.397. The van der Waals surface area contributed by atoms with E-state index in [0.717, 1.165) is 39.1 Å². The Labute approximate surface area is 108 Å². The molecule has 0 aromatic heterocycles. The van der Waals surface area contributed by atoms with Gasteiger partial charge in [-0.15, -0.1) is 0 Å². The number of carbonyl (C=O) groups is 2. The zero-order chi connectivity index (χ0) is 13.5. The van der Waals surface area contributed by atoms with Crippen molar-refractivity contribution >= 4 is 11.9 Å². The molecule has 1 atom stereocenters. The van der Waals surface area contributed by atoms with Crippen LogP contribution in [0.25, 0.3) is 0 Å². The van der Waals surface area contributed by atoms with Crippen molar-refractivity contribution in [2.24, 2.45) is 0 Å². The first-order valence-corrected chi connectivity index (χ1v) is 6.47. The van der Waals surface area contributed by atoms with Crippen LogP contribution in [0.3, 0.4) is 0 Å². The molecule has 1 fully saturated rings. The van der Waals surface area contributed by atoms with E-state index < -0.39 is 12.0 Å². The Kier molecular flexibility index (Phi) is 6.07. The first-order valence-electron chi connectivity index (χ1n) is 6.47. The van der Waals surface area contributed by atoms with Crippen molar-refractivity contribution in [3.8, 4) is 0 Å². The lowest BCUT2D eigenvalue weighted by molar-refractivity contribution is -0.142. The maximum Gasteiger partial charge on any atom is 0.327 e. The molecule has 0 bridgehead atoms. The summed E-state index contributed by atoms with van der Waals surface area (Å²) in [6.07, 6.45) is 1.14. The monoisotopic (exact) mass is 257 g/mol. The average molecular weight is 257 g/mol. The molecule has 0 aliphatic carbocycles. The summed E-state index contributed by atoms with van der Waals surface area (Å²) in [5, 5.41) is 11.5. The van der Waals surface area contributed by atoms with Crippen molar-refractivity contribution in [2.45, 2.75) is 26.3 Å². The van der Waals surface area contributed by atoms with Crippen LogP contribution in [0, 0.1) is 0 Å². The van der Waals surface area contributed by atoms with Gasteiger partial charge >= 0.3 is 5.97 Å². The van der Waals surface area contributed by atoms with Gasteiger partial charge in [0.2, 0.25) is 5.91 Å². The SMILES string of the molecule is CCCN1CCN(CC(NC(C)=O)C(=O)O)CC1. The highest BCUT2D eigenvalue weighted by Crippen LogP contribution is 2.03. The van der Waals surface area contributed by atoms with Crippen LogP contribution in [0.4, 0.5) is 0 Å². The van der Waals surface area contributed by atoms with E-state index in [9.17, 15) is 9.59 Å². The quantitative estimate of drug-likeness (QED) is 0.677. The summed E-state index contributed by atoms with van der Waals surface area (Å²) in [5.74, 6) is -1.27. The number of nitrogens with zero attached hydrogens (tertiary/aromatic N) is 2. The minimum Gasteiger partial charge on any atom is -0.480 e. The Hall–Kier alpha value is -1.14. The van der Waals surface area contributed by atoms with Crippen molar-refractivity contribution in [1.29, 1.82) is 0 Å². The lowest BCUT2D eigenvalue weighted by Crippen LogP contribution is -2.53. The molecule has 2 N–H and O–H groups in total. The zero-order valence-electron chi connectivity index (χ0n) is 11.2. The molecule has 104 valence electrons. The summed E-state index contributed by atoms with van der Waals surface area (Å²) >= 11 is 0. The van der Waals surface area contributed by atoms with Crippen molar-refractivity contribution in [2.75, 3.05) is 39.3 Å². The van der Waals surface area contributed by atoms with E-state index in [-0.39, 0.29) is 5.91 Å². The summed E-state index contributed by atoms with van der Waals surface area (Å²) < 4.78 is 0. The third kappa shape index (κ3) is 5.01. The van der Waals surface area contributed by atoms with Gasteiger partial charge in [-0.1, -0.05) is 6.92 Å². The van der Waals surface area contributed by atoms with E-state index in [4.69, 9.17) is 5.11 Å². The molecule has 1 heterocycles. The molecule has 1 saturated heterocycles. The fourth-order valence-corrected chi connectivity index (χ4v) is 2.20. The van der Waals surface area contributed by atoms with E-state index in [0.29, 0.717) is 6.54 Å². The Morgan fingerprint density at radius 3 is 2.22 bits per heavy atom. The molecule has 0 radical (unpaired) electrons. The number of carbonyl (C=O) groups excluding carboxylic acids is 1. The molecule has 1 rings (SSSR count). The van der Waals surface area contributed by atoms with E-state index >= 15 is 0 Å². The minimum atomic E-state index is -0.971. The van der Waals surface area contributed by atoms with Crippen LogP contribution in [0.15, 0.2) is 0 Å². The number of hydrogen-bond donors (Lipinski definition) is 2. The number of amides is 1. The lowest BCUT2D eigenvalue weighted by atomic mass is 10.2. The highest BCUT2D eigenvalue weighted by Gasteiger charge is 2.24. The third-order valence-electron chi connectivity index (χ3n) is 3.12. The number of carboxylic acids is 1. The number of hydrogen-bond acceptors (Lipinski definition) is 4. The van der Waals surface area contributed by atoms with Crippen LogP contribution in [0.5, 0.6) is 0 Å². The largest absolute Gasteiger partial charge is 0.480 e. The number of nitrogens with one attached hydrogen (secondary N) is 1. The van der Waals surface area contributed by atoms with E-state index in [1.54, 1.807) is 0 Å². The van der Waals surface area contributed by atoms with Gasteiger partial charge in [-0.3, -0.25) is 9.69 Å². The standard InChI is InChI=1S/C12H23N3O3/c1-3-4-14-5-7-15(8-6-14)9-11(12(17)18)13-10(2)16/h11H,3-9H2,1-2H3,(H,13,16)(H,17,18). The van der Waals surface area contributed by atoms with Crippen molar-refractivity contribution < 1.29 is 14.7 Å². The molecule has 0 aromatic rings. The molecule has 18 heavy (non-hydrogen) atoms. The number of aliphatic carboxylic acids is 1. The Morgan fingerprint density at radius 2 is 1.78 bits per heavy atom. The summed E-state index contributed by atoms with van der Waals surface area (Å²) in [6.45, 7) is 8.66. The Bertz CT molecular complexity index is 288. The van der Waals surface area contributed by atoms with Crippen molar-refractivity contribution in [1.82, 2.24) is 15.1 Å². The van der Waals surface area contributed by atoms with Crippen LogP contribution >= 0.6 is 0 Å². The van der Waals surface area contributed by atoms with E-state index in [1.165, 1.54) is 6.92 Å². The van der Waals surface area contributed by atoms with E-state index in [1.807, 2.05) is 0 Å². The summed E-state index contributed by atoms with van der Waals surface area (Å²) in [4.78, 5) is 26.4. The third-order valence-corrected chi connectivity index (χ3v) is 3.12. The fraction of sp³-hybridized carbons (Fsp3) is 0.833. The molecule has 1 aliphatic rings. The van der Waals surface area contributed by atoms with Gasteiger partial charge in [0.05, 0.1) is 0 Å². The molecule has 6 heteroatoms. The maximum absolute atomic E-state index is 11.0. The molecule has 0 spiro atoms. The fourth-order valence-electron chi connectivity index (χ4n) is 2.20. The zero-order valence-corrected chi connectivity index (χ0v) is 11.2. The van der Waals surface area contributed by atoms with Gasteiger partial charge in [0, 0.05) is 39.6 Å². The summed E-state index contributed by atoms with van der Waals surface area (Å²) in [5.41, 5.74) is 0. The second kappa shape index (κ2) is 7.33. The van der Waals surface area contributed by atoms with Crippen LogP contribution < -0.4 is 5.32 Å².